The zero-order valence-electron chi connectivity index (χ0n) is 9.04. The molecule has 0 spiro atoms. The largest absolute Gasteiger partial charge is 0.324 e. The molecule has 0 bridgehead atoms. The number of anilines is 1. The molecule has 1 aromatic carbocycles. The van der Waals surface area contributed by atoms with Gasteiger partial charge in [-0.05, 0) is 25.1 Å². The van der Waals surface area contributed by atoms with E-state index in [2.05, 4.69) is 10.3 Å². The average molecular weight is 235 g/mol. The van der Waals surface area contributed by atoms with Gasteiger partial charge in [0.05, 0.1) is 11.2 Å². The fraction of sp³-hybridized carbons (Fsp3) is 0.167. The molecule has 0 aliphatic carbocycles. The third-order valence-electron chi connectivity index (χ3n) is 2.21. The van der Waals surface area contributed by atoms with Crippen LogP contribution in [0, 0.1) is 6.92 Å². The third-order valence-corrected chi connectivity index (χ3v) is 2.43. The Morgan fingerprint density at radius 1 is 1.38 bits per heavy atom. The molecule has 16 heavy (non-hydrogen) atoms. The highest BCUT2D eigenvalue weighted by Crippen LogP contribution is 2.26. The highest BCUT2D eigenvalue weighted by molar-refractivity contribution is 6.32. The number of hydrogen-bond acceptors (Lipinski definition) is 2. The lowest BCUT2D eigenvalue weighted by molar-refractivity contribution is -0.114. The first-order chi connectivity index (χ1) is 7.56. The summed E-state index contributed by atoms with van der Waals surface area (Å²) in [5.74, 6) is -0.133. The molecule has 1 aromatic heterocycles. The number of hydrogen-bond donors (Lipinski definition) is 1. The van der Waals surface area contributed by atoms with Crippen LogP contribution in [0.1, 0.15) is 12.6 Å². The molecule has 2 aromatic rings. The fourth-order valence-electron chi connectivity index (χ4n) is 1.58. The fourth-order valence-corrected chi connectivity index (χ4v) is 1.81. The predicted octanol–water partition coefficient (Wildman–Crippen LogP) is 3.16. The topological polar surface area (TPSA) is 42.0 Å². The van der Waals surface area contributed by atoms with Crippen molar-refractivity contribution in [1.29, 1.82) is 0 Å². The van der Waals surface area contributed by atoms with Crippen molar-refractivity contribution in [2.45, 2.75) is 13.8 Å². The van der Waals surface area contributed by atoms with Gasteiger partial charge >= 0.3 is 0 Å². The van der Waals surface area contributed by atoms with Crippen molar-refractivity contribution >= 4 is 34.1 Å². The Balaban J connectivity index is 2.69. The first kappa shape index (κ1) is 10.9. The van der Waals surface area contributed by atoms with Gasteiger partial charge in [0, 0.05) is 23.0 Å². The van der Waals surface area contributed by atoms with Gasteiger partial charge in [0.2, 0.25) is 5.91 Å². The van der Waals surface area contributed by atoms with Crippen LogP contribution in [0.5, 0.6) is 0 Å². The van der Waals surface area contributed by atoms with Crippen LogP contribution < -0.4 is 5.32 Å². The Morgan fingerprint density at radius 3 is 2.81 bits per heavy atom. The Labute approximate surface area is 98.4 Å². The molecule has 0 radical (unpaired) electrons. The van der Waals surface area contributed by atoms with Gasteiger partial charge in [-0.15, -0.1) is 0 Å². The van der Waals surface area contributed by atoms with Gasteiger partial charge in [-0.3, -0.25) is 9.78 Å². The molecule has 0 saturated heterocycles. The number of nitrogens with zero attached hydrogens (tertiary/aromatic N) is 1. The smallest absolute Gasteiger partial charge is 0.221 e. The van der Waals surface area contributed by atoms with Crippen LogP contribution in [0.15, 0.2) is 24.3 Å². The summed E-state index contributed by atoms with van der Waals surface area (Å²) < 4.78 is 0. The normalized spacial score (nSPS) is 10.4. The van der Waals surface area contributed by atoms with E-state index < -0.39 is 0 Å². The standard InChI is InChI=1S/C12H11ClN2O/c1-7-3-4-9-5-10(13)6-11(12(9)14-7)15-8(2)16/h3-6H,1-2H3,(H,15,16). The molecule has 0 saturated carbocycles. The van der Waals surface area contributed by atoms with Crippen LogP contribution in [0.4, 0.5) is 5.69 Å². The Kier molecular flexibility index (Phi) is 2.79. The lowest BCUT2D eigenvalue weighted by Gasteiger charge is -2.07. The highest BCUT2D eigenvalue weighted by atomic mass is 35.5. The summed E-state index contributed by atoms with van der Waals surface area (Å²) in [5.41, 5.74) is 2.32. The van der Waals surface area contributed by atoms with Crippen LogP contribution in [-0.2, 0) is 4.79 Å². The van der Waals surface area contributed by atoms with Crippen molar-refractivity contribution in [3.05, 3.63) is 35.0 Å². The minimum Gasteiger partial charge on any atom is -0.324 e. The minimum atomic E-state index is -0.133. The number of aromatic nitrogens is 1. The van der Waals surface area contributed by atoms with Gasteiger partial charge in [-0.25, -0.2) is 0 Å². The van der Waals surface area contributed by atoms with Crippen molar-refractivity contribution in [3.63, 3.8) is 0 Å². The molecule has 1 heterocycles. The molecule has 1 N–H and O–H groups in total. The number of carbonyl (C=O) groups excluding carboxylic acids is 1. The lowest BCUT2D eigenvalue weighted by atomic mass is 10.1. The minimum absolute atomic E-state index is 0.133. The summed E-state index contributed by atoms with van der Waals surface area (Å²) in [4.78, 5) is 15.5. The number of nitrogens with one attached hydrogen (secondary N) is 1. The van der Waals surface area contributed by atoms with Crippen molar-refractivity contribution in [3.8, 4) is 0 Å². The van der Waals surface area contributed by atoms with Crippen LogP contribution in [0.2, 0.25) is 5.02 Å². The molecule has 1 amide bonds. The number of pyridine rings is 1. The first-order valence-corrected chi connectivity index (χ1v) is 5.28. The molecule has 0 aliphatic rings. The van der Waals surface area contributed by atoms with Gasteiger partial charge in [0.1, 0.15) is 0 Å². The molecule has 4 heteroatoms. The van der Waals surface area contributed by atoms with E-state index in [9.17, 15) is 4.79 Å². The number of amides is 1. The second-order valence-corrected chi connectivity index (χ2v) is 4.10. The van der Waals surface area contributed by atoms with Gasteiger partial charge in [-0.1, -0.05) is 17.7 Å². The maximum absolute atomic E-state index is 11.1. The van der Waals surface area contributed by atoms with Gasteiger partial charge in [-0.2, -0.15) is 0 Å². The molecule has 2 rings (SSSR count). The first-order valence-electron chi connectivity index (χ1n) is 4.91. The Bertz CT molecular complexity index is 566. The average Bonchev–Trinajstić information content (AvgIpc) is 2.18. The number of fused-ring (bicyclic) bond motifs is 1. The van der Waals surface area contributed by atoms with E-state index in [1.807, 2.05) is 25.1 Å². The summed E-state index contributed by atoms with van der Waals surface area (Å²) in [7, 11) is 0. The van der Waals surface area contributed by atoms with Crippen LogP contribution >= 0.6 is 11.6 Å². The molecular weight excluding hydrogens is 224 g/mol. The van der Waals surface area contributed by atoms with Gasteiger partial charge in [0.25, 0.3) is 0 Å². The number of halogens is 1. The highest BCUT2D eigenvalue weighted by Gasteiger charge is 2.06. The maximum Gasteiger partial charge on any atom is 0.221 e. The van der Waals surface area contributed by atoms with E-state index in [0.717, 1.165) is 16.6 Å². The summed E-state index contributed by atoms with van der Waals surface area (Å²) in [6.07, 6.45) is 0. The van der Waals surface area contributed by atoms with E-state index >= 15 is 0 Å². The zero-order chi connectivity index (χ0) is 11.7. The van der Waals surface area contributed by atoms with Crippen molar-refractivity contribution < 1.29 is 4.79 Å². The number of aryl methyl sites for hydroxylation is 1. The predicted molar refractivity (Wildman–Crippen MR) is 65.8 cm³/mol. The summed E-state index contributed by atoms with van der Waals surface area (Å²) in [6.45, 7) is 3.37. The second-order valence-electron chi connectivity index (χ2n) is 3.66. The zero-order valence-corrected chi connectivity index (χ0v) is 9.80. The Morgan fingerprint density at radius 2 is 2.12 bits per heavy atom. The van der Waals surface area contributed by atoms with Crippen LogP contribution in [0.25, 0.3) is 10.9 Å². The monoisotopic (exact) mass is 234 g/mol. The number of rotatable bonds is 1. The summed E-state index contributed by atoms with van der Waals surface area (Å²) >= 11 is 5.97. The maximum atomic E-state index is 11.1. The molecule has 0 fully saturated rings. The summed E-state index contributed by atoms with van der Waals surface area (Å²) in [5, 5.41) is 4.23. The van der Waals surface area contributed by atoms with E-state index in [0.29, 0.717) is 10.7 Å². The van der Waals surface area contributed by atoms with E-state index in [-0.39, 0.29) is 5.91 Å². The molecule has 0 unspecified atom stereocenters. The SMILES string of the molecule is CC(=O)Nc1cc(Cl)cc2ccc(C)nc12. The number of carbonyl (C=O) groups is 1. The summed E-state index contributed by atoms with van der Waals surface area (Å²) in [6, 6.07) is 7.39. The second kappa shape index (κ2) is 4.10. The van der Waals surface area contributed by atoms with Crippen molar-refractivity contribution in [1.82, 2.24) is 4.98 Å². The van der Waals surface area contributed by atoms with E-state index in [4.69, 9.17) is 11.6 Å². The van der Waals surface area contributed by atoms with Crippen LogP contribution in [0.3, 0.4) is 0 Å². The van der Waals surface area contributed by atoms with Crippen LogP contribution in [-0.4, -0.2) is 10.9 Å². The molecule has 0 aliphatic heterocycles. The molecule has 3 nitrogen and oxygen atoms in total. The van der Waals surface area contributed by atoms with Crippen molar-refractivity contribution in [2.75, 3.05) is 5.32 Å². The van der Waals surface area contributed by atoms with E-state index in [1.54, 1.807) is 6.07 Å². The van der Waals surface area contributed by atoms with E-state index in [1.165, 1.54) is 6.92 Å². The molecular formula is C12H11ClN2O. The Hall–Kier alpha value is -1.61. The van der Waals surface area contributed by atoms with Gasteiger partial charge < -0.3 is 5.32 Å². The number of benzene rings is 1. The van der Waals surface area contributed by atoms with Gasteiger partial charge in [0.15, 0.2) is 0 Å². The quantitative estimate of drug-likeness (QED) is 0.824. The van der Waals surface area contributed by atoms with Crippen molar-refractivity contribution in [2.24, 2.45) is 0 Å². The lowest BCUT2D eigenvalue weighted by Crippen LogP contribution is -2.06. The molecule has 82 valence electrons. The third kappa shape index (κ3) is 2.14. The molecule has 0 atom stereocenters.